The number of nitrogen functional groups attached to an aromatic ring is 1. The van der Waals surface area contributed by atoms with Crippen LogP contribution in [-0.4, -0.2) is 18.6 Å². The summed E-state index contributed by atoms with van der Waals surface area (Å²) in [5.74, 6) is 0.199. The van der Waals surface area contributed by atoms with E-state index in [4.69, 9.17) is 5.73 Å². The van der Waals surface area contributed by atoms with Gasteiger partial charge in [-0.05, 0) is 24.3 Å². The van der Waals surface area contributed by atoms with Crippen molar-refractivity contribution in [3.8, 4) is 0 Å². The van der Waals surface area contributed by atoms with Crippen LogP contribution in [-0.2, 0) is 10.0 Å². The lowest BCUT2D eigenvalue weighted by Crippen LogP contribution is -2.14. The number of hydrogen-bond acceptors (Lipinski definition) is 5. The van der Waals surface area contributed by atoms with E-state index in [9.17, 15) is 8.42 Å². The molecule has 3 N–H and O–H groups in total. The van der Waals surface area contributed by atoms with Gasteiger partial charge in [0.25, 0.3) is 10.0 Å². The Bertz CT molecular complexity index is 887. The number of anilines is 2. The third-order valence-corrected chi connectivity index (χ3v) is 4.35. The number of sulfonamides is 1. The van der Waals surface area contributed by atoms with E-state index in [-0.39, 0.29) is 10.7 Å². The van der Waals surface area contributed by atoms with Crippen molar-refractivity contribution in [2.45, 2.75) is 4.90 Å². The van der Waals surface area contributed by atoms with Gasteiger partial charge in [0.15, 0.2) is 5.82 Å². The van der Waals surface area contributed by atoms with Crippen LogP contribution < -0.4 is 10.5 Å². The number of nitrogens with two attached hydrogens (primary N) is 1. The lowest BCUT2D eigenvalue weighted by atomic mass is 10.2. The predicted octanol–water partition coefficient (Wildman–Crippen LogP) is 2.01. The molecule has 0 fully saturated rings. The van der Waals surface area contributed by atoms with Gasteiger partial charge in [-0.3, -0.25) is 4.72 Å². The number of benzene rings is 2. The molecule has 0 unspecified atom stereocenters. The largest absolute Gasteiger partial charge is 0.399 e. The standard InChI is InChI=1S/C14H12N4O2S/c15-11-5-7-12(8-6-11)21(19,20)18-14-13-4-2-1-3-10(13)9-16-17-14/h1-9H,15H2,(H,17,18). The molecule has 7 heteroatoms. The summed E-state index contributed by atoms with van der Waals surface area (Å²) >= 11 is 0. The number of rotatable bonds is 3. The highest BCUT2D eigenvalue weighted by Gasteiger charge is 2.16. The summed E-state index contributed by atoms with van der Waals surface area (Å²) in [4.78, 5) is 0.117. The van der Waals surface area contributed by atoms with Crippen LogP contribution >= 0.6 is 0 Å². The van der Waals surface area contributed by atoms with Gasteiger partial charge < -0.3 is 5.73 Å². The molecule has 0 aliphatic carbocycles. The smallest absolute Gasteiger partial charge is 0.263 e. The maximum atomic E-state index is 12.3. The van der Waals surface area contributed by atoms with Crippen LogP contribution in [0.5, 0.6) is 0 Å². The second kappa shape index (κ2) is 5.02. The highest BCUT2D eigenvalue weighted by atomic mass is 32.2. The van der Waals surface area contributed by atoms with Crippen LogP contribution in [0.4, 0.5) is 11.5 Å². The number of nitrogens with one attached hydrogen (secondary N) is 1. The van der Waals surface area contributed by atoms with Crippen molar-refractivity contribution < 1.29 is 8.42 Å². The Morgan fingerprint density at radius 2 is 1.71 bits per heavy atom. The van der Waals surface area contributed by atoms with Gasteiger partial charge in [0, 0.05) is 16.5 Å². The summed E-state index contributed by atoms with van der Waals surface area (Å²) in [6.45, 7) is 0. The lowest BCUT2D eigenvalue weighted by molar-refractivity contribution is 0.601. The summed E-state index contributed by atoms with van der Waals surface area (Å²) in [5, 5.41) is 9.17. The summed E-state index contributed by atoms with van der Waals surface area (Å²) in [5.41, 5.74) is 6.06. The third-order valence-electron chi connectivity index (χ3n) is 2.99. The molecule has 3 rings (SSSR count). The fourth-order valence-corrected chi connectivity index (χ4v) is 2.95. The number of nitrogens with zero attached hydrogens (tertiary/aromatic N) is 2. The van der Waals surface area contributed by atoms with E-state index in [1.54, 1.807) is 12.3 Å². The molecule has 0 spiro atoms. The fraction of sp³-hybridized carbons (Fsp3) is 0. The monoisotopic (exact) mass is 300 g/mol. The van der Waals surface area contributed by atoms with Gasteiger partial charge in [-0.15, -0.1) is 5.10 Å². The SMILES string of the molecule is Nc1ccc(S(=O)(=O)Nc2nncc3ccccc23)cc1. The number of aromatic nitrogens is 2. The maximum absolute atomic E-state index is 12.3. The molecule has 0 saturated carbocycles. The lowest BCUT2D eigenvalue weighted by Gasteiger charge is -2.09. The summed E-state index contributed by atoms with van der Waals surface area (Å²) < 4.78 is 27.1. The average Bonchev–Trinajstić information content (AvgIpc) is 2.48. The minimum absolute atomic E-state index is 0.117. The van der Waals surface area contributed by atoms with Gasteiger partial charge in [-0.2, -0.15) is 5.10 Å². The molecule has 0 atom stereocenters. The molecule has 0 radical (unpaired) electrons. The molecule has 0 aliphatic heterocycles. The molecule has 6 nitrogen and oxygen atoms in total. The van der Waals surface area contributed by atoms with Crippen LogP contribution in [0.15, 0.2) is 59.6 Å². The first-order chi connectivity index (χ1) is 10.1. The second-order valence-electron chi connectivity index (χ2n) is 4.45. The topological polar surface area (TPSA) is 98.0 Å². The third kappa shape index (κ3) is 2.63. The predicted molar refractivity (Wildman–Crippen MR) is 81.2 cm³/mol. The van der Waals surface area contributed by atoms with Crippen molar-refractivity contribution >= 4 is 32.3 Å². The molecule has 0 amide bonds. The Hall–Kier alpha value is -2.67. The zero-order valence-corrected chi connectivity index (χ0v) is 11.7. The fourth-order valence-electron chi connectivity index (χ4n) is 1.94. The summed E-state index contributed by atoms with van der Waals surface area (Å²) in [7, 11) is -3.73. The molecule has 2 aromatic carbocycles. The molecule has 106 valence electrons. The van der Waals surface area contributed by atoms with Gasteiger partial charge in [-0.1, -0.05) is 24.3 Å². The molecule has 21 heavy (non-hydrogen) atoms. The molecular formula is C14H12N4O2S. The van der Waals surface area contributed by atoms with Gasteiger partial charge in [0.1, 0.15) is 0 Å². The Morgan fingerprint density at radius 1 is 1.00 bits per heavy atom. The summed E-state index contributed by atoms with van der Waals surface area (Å²) in [6, 6.07) is 13.2. The van der Waals surface area contributed by atoms with Crippen molar-refractivity contribution in [2.24, 2.45) is 0 Å². The normalized spacial score (nSPS) is 11.4. The number of hydrogen-bond donors (Lipinski definition) is 2. The van der Waals surface area contributed by atoms with Crippen LogP contribution in [0.1, 0.15) is 0 Å². The zero-order chi connectivity index (χ0) is 14.9. The second-order valence-corrected chi connectivity index (χ2v) is 6.14. The van der Waals surface area contributed by atoms with Gasteiger partial charge in [0.2, 0.25) is 0 Å². The Balaban J connectivity index is 2.03. The molecule has 0 saturated heterocycles. The molecule has 1 aromatic heterocycles. The molecular weight excluding hydrogens is 288 g/mol. The quantitative estimate of drug-likeness (QED) is 0.721. The first-order valence-corrected chi connectivity index (χ1v) is 7.63. The maximum Gasteiger partial charge on any atom is 0.263 e. The number of fused-ring (bicyclic) bond motifs is 1. The first-order valence-electron chi connectivity index (χ1n) is 6.15. The van der Waals surface area contributed by atoms with E-state index in [0.717, 1.165) is 5.39 Å². The Morgan fingerprint density at radius 3 is 2.48 bits per heavy atom. The van der Waals surface area contributed by atoms with E-state index < -0.39 is 10.0 Å². The first kappa shape index (κ1) is 13.3. The highest BCUT2D eigenvalue weighted by Crippen LogP contribution is 2.22. The van der Waals surface area contributed by atoms with Crippen LogP contribution in [0.3, 0.4) is 0 Å². The van der Waals surface area contributed by atoms with E-state index in [2.05, 4.69) is 14.9 Å². The van der Waals surface area contributed by atoms with E-state index >= 15 is 0 Å². The Kier molecular flexibility index (Phi) is 3.19. The van der Waals surface area contributed by atoms with Crippen molar-refractivity contribution in [3.05, 3.63) is 54.7 Å². The van der Waals surface area contributed by atoms with E-state index in [1.165, 1.54) is 24.3 Å². The van der Waals surface area contributed by atoms with Crippen LogP contribution in [0.2, 0.25) is 0 Å². The van der Waals surface area contributed by atoms with Gasteiger partial charge >= 0.3 is 0 Å². The van der Waals surface area contributed by atoms with E-state index in [0.29, 0.717) is 11.1 Å². The molecule has 0 bridgehead atoms. The van der Waals surface area contributed by atoms with Crippen molar-refractivity contribution in [1.82, 2.24) is 10.2 Å². The molecule has 3 aromatic rings. The van der Waals surface area contributed by atoms with Gasteiger partial charge in [-0.25, -0.2) is 8.42 Å². The molecule has 0 aliphatic rings. The van der Waals surface area contributed by atoms with Crippen molar-refractivity contribution in [3.63, 3.8) is 0 Å². The highest BCUT2D eigenvalue weighted by molar-refractivity contribution is 7.92. The zero-order valence-electron chi connectivity index (χ0n) is 10.9. The minimum atomic E-state index is -3.73. The minimum Gasteiger partial charge on any atom is -0.399 e. The average molecular weight is 300 g/mol. The van der Waals surface area contributed by atoms with Gasteiger partial charge in [0.05, 0.1) is 11.1 Å². The Labute approximate surface area is 121 Å². The van der Waals surface area contributed by atoms with Crippen LogP contribution in [0.25, 0.3) is 10.8 Å². The molecule has 1 heterocycles. The van der Waals surface area contributed by atoms with Crippen LogP contribution in [0, 0.1) is 0 Å². The van der Waals surface area contributed by atoms with E-state index in [1.807, 2.05) is 18.2 Å². The van der Waals surface area contributed by atoms with Crippen molar-refractivity contribution in [2.75, 3.05) is 10.5 Å². The van der Waals surface area contributed by atoms with Crippen molar-refractivity contribution in [1.29, 1.82) is 0 Å². The summed E-state index contributed by atoms with van der Waals surface area (Å²) in [6.07, 6.45) is 1.58.